The van der Waals surface area contributed by atoms with Crippen LogP contribution in [0.15, 0.2) is 24.3 Å². The number of benzene rings is 1. The largest absolute Gasteiger partial charge is 0.368 e. The Bertz CT molecular complexity index is 387. The minimum atomic E-state index is -0.689. The molecule has 1 aromatic rings. The summed E-state index contributed by atoms with van der Waals surface area (Å²) in [5, 5.41) is 3.94. The van der Waals surface area contributed by atoms with Gasteiger partial charge in [0.2, 0.25) is 5.91 Å². The lowest BCUT2D eigenvalue weighted by atomic mass is 10.0. The van der Waals surface area contributed by atoms with Crippen molar-refractivity contribution in [1.29, 1.82) is 0 Å². The smallest absolute Gasteiger partial charge is 0.237 e. The summed E-state index contributed by atoms with van der Waals surface area (Å²) in [5.74, 6) is -0.347. The molecule has 3 N–H and O–H groups in total. The topological polar surface area (TPSA) is 55.1 Å². The molecule has 0 radical (unpaired) electrons. The SMILES string of the molecule is CC(Cc1ccc(Cl)cc1)NC(C)(C)C(N)=O. The van der Waals surface area contributed by atoms with Crippen molar-refractivity contribution in [2.45, 2.75) is 38.8 Å². The molecule has 0 aliphatic heterocycles. The zero-order valence-electron chi connectivity index (χ0n) is 10.5. The molecule has 0 heterocycles. The van der Waals surface area contributed by atoms with Crippen LogP contribution in [0.25, 0.3) is 0 Å². The highest BCUT2D eigenvalue weighted by atomic mass is 35.5. The first-order valence-electron chi connectivity index (χ1n) is 5.63. The number of carbonyl (C=O) groups is 1. The molecule has 4 heteroatoms. The summed E-state index contributed by atoms with van der Waals surface area (Å²) in [5.41, 5.74) is 5.80. The number of nitrogens with two attached hydrogens (primary N) is 1. The minimum Gasteiger partial charge on any atom is -0.368 e. The highest BCUT2D eigenvalue weighted by molar-refractivity contribution is 6.30. The molecule has 17 heavy (non-hydrogen) atoms. The number of rotatable bonds is 5. The molecule has 1 atom stereocenters. The molecular weight excluding hydrogens is 236 g/mol. The second kappa shape index (κ2) is 5.52. The lowest BCUT2D eigenvalue weighted by Gasteiger charge is -2.27. The Morgan fingerprint density at radius 1 is 1.41 bits per heavy atom. The summed E-state index contributed by atoms with van der Waals surface area (Å²) >= 11 is 5.82. The third-order valence-corrected chi connectivity index (χ3v) is 2.93. The van der Waals surface area contributed by atoms with Crippen LogP contribution in [0, 0.1) is 0 Å². The zero-order chi connectivity index (χ0) is 13.1. The van der Waals surface area contributed by atoms with Crippen LogP contribution in [-0.4, -0.2) is 17.5 Å². The van der Waals surface area contributed by atoms with Crippen LogP contribution in [0.4, 0.5) is 0 Å². The van der Waals surface area contributed by atoms with E-state index in [1.165, 1.54) is 5.56 Å². The second-order valence-corrected chi connectivity index (χ2v) is 5.30. The molecule has 0 aliphatic rings. The normalized spacial score (nSPS) is 13.4. The third kappa shape index (κ3) is 4.36. The minimum absolute atomic E-state index is 0.165. The van der Waals surface area contributed by atoms with Gasteiger partial charge >= 0.3 is 0 Å². The van der Waals surface area contributed by atoms with Gasteiger partial charge in [0.1, 0.15) is 0 Å². The van der Waals surface area contributed by atoms with Gasteiger partial charge in [-0.1, -0.05) is 23.7 Å². The first-order valence-corrected chi connectivity index (χ1v) is 6.01. The molecular formula is C13H19ClN2O. The Labute approximate surface area is 107 Å². The van der Waals surface area contributed by atoms with E-state index in [1.807, 2.05) is 31.2 Å². The number of primary amides is 1. The van der Waals surface area contributed by atoms with Crippen molar-refractivity contribution >= 4 is 17.5 Å². The van der Waals surface area contributed by atoms with Gasteiger partial charge in [0.15, 0.2) is 0 Å². The van der Waals surface area contributed by atoms with Crippen molar-refractivity contribution in [3.8, 4) is 0 Å². The Balaban J connectivity index is 2.58. The first kappa shape index (κ1) is 14.0. The summed E-state index contributed by atoms with van der Waals surface area (Å²) in [6.45, 7) is 5.60. The van der Waals surface area contributed by atoms with Gasteiger partial charge in [-0.05, 0) is 44.9 Å². The first-order chi connectivity index (χ1) is 7.81. The van der Waals surface area contributed by atoms with Gasteiger partial charge in [0, 0.05) is 11.1 Å². The molecule has 1 unspecified atom stereocenters. The number of halogens is 1. The summed E-state index contributed by atoms with van der Waals surface area (Å²) in [7, 11) is 0. The molecule has 3 nitrogen and oxygen atoms in total. The lowest BCUT2D eigenvalue weighted by Crippen LogP contribution is -2.54. The Morgan fingerprint density at radius 2 is 1.94 bits per heavy atom. The van der Waals surface area contributed by atoms with Gasteiger partial charge < -0.3 is 11.1 Å². The van der Waals surface area contributed by atoms with Crippen LogP contribution in [0.1, 0.15) is 26.3 Å². The summed E-state index contributed by atoms with van der Waals surface area (Å²) in [4.78, 5) is 11.2. The highest BCUT2D eigenvalue weighted by Crippen LogP contribution is 2.12. The van der Waals surface area contributed by atoms with E-state index in [1.54, 1.807) is 13.8 Å². The molecule has 1 amide bonds. The van der Waals surface area contributed by atoms with E-state index in [-0.39, 0.29) is 11.9 Å². The molecule has 1 rings (SSSR count). The van der Waals surface area contributed by atoms with Crippen LogP contribution >= 0.6 is 11.6 Å². The van der Waals surface area contributed by atoms with E-state index < -0.39 is 5.54 Å². The predicted molar refractivity (Wildman–Crippen MR) is 71.0 cm³/mol. The number of amides is 1. The molecule has 0 aromatic heterocycles. The van der Waals surface area contributed by atoms with Gasteiger partial charge in [0.25, 0.3) is 0 Å². The number of nitrogens with one attached hydrogen (secondary N) is 1. The fraction of sp³-hybridized carbons (Fsp3) is 0.462. The van der Waals surface area contributed by atoms with Crippen LogP contribution in [0.5, 0.6) is 0 Å². The fourth-order valence-electron chi connectivity index (χ4n) is 1.71. The van der Waals surface area contributed by atoms with E-state index in [0.29, 0.717) is 0 Å². The van der Waals surface area contributed by atoms with Crippen molar-refractivity contribution in [1.82, 2.24) is 5.32 Å². The standard InChI is InChI=1S/C13H19ClN2O/c1-9(16-13(2,3)12(15)17)8-10-4-6-11(14)7-5-10/h4-7,9,16H,8H2,1-3H3,(H2,15,17). The number of hydrogen-bond donors (Lipinski definition) is 2. The van der Waals surface area contributed by atoms with Crippen LogP contribution in [0.3, 0.4) is 0 Å². The quantitative estimate of drug-likeness (QED) is 0.846. The lowest BCUT2D eigenvalue weighted by molar-refractivity contribution is -0.123. The third-order valence-electron chi connectivity index (χ3n) is 2.68. The van der Waals surface area contributed by atoms with Gasteiger partial charge in [-0.25, -0.2) is 0 Å². The van der Waals surface area contributed by atoms with E-state index in [2.05, 4.69) is 5.32 Å². The molecule has 0 spiro atoms. The highest BCUT2D eigenvalue weighted by Gasteiger charge is 2.26. The zero-order valence-corrected chi connectivity index (χ0v) is 11.2. The van der Waals surface area contributed by atoms with Crippen LogP contribution in [-0.2, 0) is 11.2 Å². The average Bonchev–Trinajstić information content (AvgIpc) is 2.20. The summed E-state index contributed by atoms with van der Waals surface area (Å²) < 4.78 is 0. The maximum Gasteiger partial charge on any atom is 0.237 e. The van der Waals surface area contributed by atoms with Crippen molar-refractivity contribution in [2.24, 2.45) is 5.73 Å². The number of carbonyl (C=O) groups excluding carboxylic acids is 1. The molecule has 0 aliphatic carbocycles. The van der Waals surface area contributed by atoms with Gasteiger partial charge in [-0.2, -0.15) is 0 Å². The summed E-state index contributed by atoms with van der Waals surface area (Å²) in [6.07, 6.45) is 0.827. The van der Waals surface area contributed by atoms with Gasteiger partial charge in [-0.15, -0.1) is 0 Å². The average molecular weight is 255 g/mol. The van der Waals surface area contributed by atoms with Crippen LogP contribution < -0.4 is 11.1 Å². The van der Waals surface area contributed by atoms with Crippen molar-refractivity contribution < 1.29 is 4.79 Å². The molecule has 0 saturated carbocycles. The molecule has 0 saturated heterocycles. The number of hydrogen-bond acceptors (Lipinski definition) is 2. The molecule has 0 bridgehead atoms. The van der Waals surface area contributed by atoms with Gasteiger partial charge in [0.05, 0.1) is 5.54 Å². The van der Waals surface area contributed by atoms with Crippen molar-refractivity contribution in [3.05, 3.63) is 34.9 Å². The molecule has 94 valence electrons. The van der Waals surface area contributed by atoms with Crippen molar-refractivity contribution in [3.63, 3.8) is 0 Å². The van der Waals surface area contributed by atoms with E-state index in [9.17, 15) is 4.79 Å². The maximum absolute atomic E-state index is 11.2. The fourth-order valence-corrected chi connectivity index (χ4v) is 1.84. The van der Waals surface area contributed by atoms with E-state index in [0.717, 1.165) is 11.4 Å². The maximum atomic E-state index is 11.2. The van der Waals surface area contributed by atoms with Crippen molar-refractivity contribution in [2.75, 3.05) is 0 Å². The monoisotopic (exact) mass is 254 g/mol. The van der Waals surface area contributed by atoms with Crippen LogP contribution in [0.2, 0.25) is 5.02 Å². The second-order valence-electron chi connectivity index (χ2n) is 4.87. The predicted octanol–water partition coefficient (Wildman–Crippen LogP) is 2.12. The summed E-state index contributed by atoms with van der Waals surface area (Å²) in [6, 6.07) is 7.86. The van der Waals surface area contributed by atoms with E-state index >= 15 is 0 Å². The van der Waals surface area contributed by atoms with Gasteiger partial charge in [-0.3, -0.25) is 4.79 Å². The van der Waals surface area contributed by atoms with E-state index in [4.69, 9.17) is 17.3 Å². The molecule has 1 aromatic carbocycles. The Hall–Kier alpha value is -1.06. The Morgan fingerprint density at radius 3 is 2.41 bits per heavy atom. The molecule has 0 fully saturated rings. The Kier molecular flexibility index (Phi) is 4.54.